The maximum atomic E-state index is 13.3. The van der Waals surface area contributed by atoms with Gasteiger partial charge in [-0.1, -0.05) is 67.4 Å². The minimum atomic E-state index is -1.15. The highest BCUT2D eigenvalue weighted by atomic mass is 35.5. The molecule has 0 bridgehead atoms. The van der Waals surface area contributed by atoms with Crippen molar-refractivity contribution >= 4 is 34.4 Å². The van der Waals surface area contributed by atoms with Crippen LogP contribution in [0.2, 0.25) is 5.02 Å². The predicted molar refractivity (Wildman–Crippen MR) is 154 cm³/mol. The molecule has 0 aliphatic rings. The van der Waals surface area contributed by atoms with Gasteiger partial charge < -0.3 is 15.2 Å². The smallest absolute Gasteiger partial charge is 0.336 e. The number of benzene rings is 4. The number of aromatic amines is 1. The first-order valence-electron chi connectivity index (χ1n) is 12.8. The van der Waals surface area contributed by atoms with Crippen LogP contribution in [-0.2, 0) is 0 Å². The van der Waals surface area contributed by atoms with Gasteiger partial charge in [0.15, 0.2) is 5.78 Å². The van der Waals surface area contributed by atoms with Gasteiger partial charge in [0.1, 0.15) is 11.6 Å². The van der Waals surface area contributed by atoms with Crippen molar-refractivity contribution in [1.29, 1.82) is 0 Å². The van der Waals surface area contributed by atoms with Crippen molar-refractivity contribution in [2.45, 2.75) is 32.1 Å². The lowest BCUT2D eigenvalue weighted by molar-refractivity contribution is 0.0697. The van der Waals surface area contributed by atoms with E-state index in [0.29, 0.717) is 50.6 Å². The third-order valence-electron chi connectivity index (χ3n) is 6.90. The number of nitrogens with zero attached hydrogens (tertiary/aromatic N) is 1. The third kappa shape index (κ3) is 5.56. The van der Waals surface area contributed by atoms with Crippen LogP contribution in [0.25, 0.3) is 33.5 Å². The van der Waals surface area contributed by atoms with Gasteiger partial charge in [-0.15, -0.1) is 0 Å². The van der Waals surface area contributed by atoms with Crippen LogP contribution >= 0.6 is 11.6 Å². The SMILES string of the molecule is CCC[C@@H](CC(=O)c1ccc(-c2cc(Cl)ccc2-c2nc3ccc(O)cc3[nH]2)c(C(=O)O)c1)c1ccccc1. The quantitative estimate of drug-likeness (QED) is 0.164. The molecular formula is C32H27ClN2O4. The third-order valence-corrected chi connectivity index (χ3v) is 7.14. The number of carbonyl (C=O) groups excluding carboxylic acids is 1. The summed E-state index contributed by atoms with van der Waals surface area (Å²) in [5.74, 6) is -0.577. The number of aromatic hydroxyl groups is 1. The molecule has 1 heterocycles. The average Bonchev–Trinajstić information content (AvgIpc) is 3.35. The highest BCUT2D eigenvalue weighted by Gasteiger charge is 2.22. The predicted octanol–water partition coefficient (Wildman–Crippen LogP) is 8.11. The fourth-order valence-electron chi connectivity index (χ4n) is 5.00. The van der Waals surface area contributed by atoms with E-state index < -0.39 is 5.97 Å². The fraction of sp³-hybridized carbons (Fsp3) is 0.156. The Hall–Kier alpha value is -4.42. The minimum absolute atomic E-state index is 0.00451. The first-order chi connectivity index (χ1) is 18.8. The van der Waals surface area contributed by atoms with Crippen molar-refractivity contribution in [1.82, 2.24) is 9.97 Å². The number of aromatic nitrogens is 2. The van der Waals surface area contributed by atoms with Crippen LogP contribution in [0.1, 0.15) is 58.4 Å². The summed E-state index contributed by atoms with van der Waals surface area (Å²) in [6, 6.07) is 24.7. The van der Waals surface area contributed by atoms with Gasteiger partial charge in [0.25, 0.3) is 0 Å². The second kappa shape index (κ2) is 11.1. The van der Waals surface area contributed by atoms with Crippen molar-refractivity contribution < 1.29 is 19.8 Å². The number of aromatic carboxylic acids is 1. The van der Waals surface area contributed by atoms with Crippen LogP contribution in [0.3, 0.4) is 0 Å². The Bertz CT molecular complexity index is 1680. The lowest BCUT2D eigenvalue weighted by Crippen LogP contribution is -2.10. The molecule has 5 aromatic rings. The standard InChI is InChI=1S/C32H27ClN2O4/c1-2-6-20(19-7-4-3-5-8-19)16-30(37)21-9-12-24(27(15-21)32(38)39)26-17-22(33)10-13-25(26)31-34-28-14-11-23(36)18-29(28)35-31/h3-5,7-15,17-18,20,36H,2,6,16H2,1H3,(H,34,35)(H,38,39)/t20-/m0/s1. The number of carboxylic acid groups (broad SMARTS) is 1. The summed E-state index contributed by atoms with van der Waals surface area (Å²) in [5, 5.41) is 20.4. The average molecular weight is 539 g/mol. The van der Waals surface area contributed by atoms with Crippen LogP contribution in [0.15, 0.2) is 84.9 Å². The van der Waals surface area contributed by atoms with Crippen molar-refractivity contribution in [2.75, 3.05) is 0 Å². The molecule has 0 saturated heterocycles. The van der Waals surface area contributed by atoms with E-state index in [1.54, 1.807) is 48.5 Å². The van der Waals surface area contributed by atoms with E-state index in [2.05, 4.69) is 16.9 Å². The molecule has 4 aromatic carbocycles. The number of halogens is 1. The molecule has 0 aliphatic carbocycles. The summed E-state index contributed by atoms with van der Waals surface area (Å²) in [6.07, 6.45) is 2.09. The molecule has 0 spiro atoms. The van der Waals surface area contributed by atoms with E-state index in [-0.39, 0.29) is 23.0 Å². The Morgan fingerprint density at radius 2 is 1.69 bits per heavy atom. The summed E-state index contributed by atoms with van der Waals surface area (Å²) in [7, 11) is 0. The molecule has 1 aromatic heterocycles. The van der Waals surface area contributed by atoms with Crippen molar-refractivity contribution in [3.63, 3.8) is 0 Å². The molecule has 7 heteroatoms. The van der Waals surface area contributed by atoms with Gasteiger partial charge in [0.2, 0.25) is 0 Å². The molecule has 3 N–H and O–H groups in total. The second-order valence-electron chi connectivity index (χ2n) is 9.57. The first-order valence-corrected chi connectivity index (χ1v) is 13.2. The van der Waals surface area contributed by atoms with Crippen molar-refractivity contribution in [3.8, 4) is 28.3 Å². The Morgan fingerprint density at radius 1 is 0.923 bits per heavy atom. The molecule has 0 radical (unpaired) electrons. The lowest BCUT2D eigenvalue weighted by Gasteiger charge is -2.17. The van der Waals surface area contributed by atoms with Gasteiger partial charge in [-0.3, -0.25) is 4.79 Å². The number of H-pyrrole nitrogens is 1. The Balaban J connectivity index is 1.54. The number of nitrogens with one attached hydrogen (secondary N) is 1. The van der Waals surface area contributed by atoms with E-state index in [1.165, 1.54) is 6.07 Å². The lowest BCUT2D eigenvalue weighted by atomic mass is 9.87. The summed E-state index contributed by atoms with van der Waals surface area (Å²) in [6.45, 7) is 2.09. The number of ketones is 1. The second-order valence-corrected chi connectivity index (χ2v) is 10.0. The Labute approximate surface area is 230 Å². The van der Waals surface area contributed by atoms with Crippen LogP contribution in [0, 0.1) is 0 Å². The number of phenols is 1. The number of hydrogen-bond donors (Lipinski definition) is 3. The van der Waals surface area contributed by atoms with Gasteiger partial charge >= 0.3 is 5.97 Å². The number of imidazole rings is 1. The molecule has 196 valence electrons. The highest BCUT2D eigenvalue weighted by Crippen LogP contribution is 2.37. The number of carbonyl (C=O) groups is 2. The molecule has 6 nitrogen and oxygen atoms in total. The highest BCUT2D eigenvalue weighted by molar-refractivity contribution is 6.31. The van der Waals surface area contributed by atoms with E-state index in [4.69, 9.17) is 11.6 Å². The molecule has 0 fully saturated rings. The molecule has 0 aliphatic heterocycles. The molecule has 39 heavy (non-hydrogen) atoms. The summed E-state index contributed by atoms with van der Waals surface area (Å²) >= 11 is 6.35. The number of fused-ring (bicyclic) bond motifs is 1. The van der Waals surface area contributed by atoms with Crippen LogP contribution < -0.4 is 0 Å². The summed E-state index contributed by atoms with van der Waals surface area (Å²) in [4.78, 5) is 33.6. The number of Topliss-reactive ketones (excluding diaryl/α,β-unsaturated/α-hetero) is 1. The monoisotopic (exact) mass is 538 g/mol. The number of carboxylic acids is 1. The van der Waals surface area contributed by atoms with Gasteiger partial charge in [-0.05, 0) is 65.4 Å². The van der Waals surface area contributed by atoms with Crippen LogP contribution in [-0.4, -0.2) is 31.9 Å². The van der Waals surface area contributed by atoms with Gasteiger partial charge in [0.05, 0.1) is 16.6 Å². The minimum Gasteiger partial charge on any atom is -0.508 e. The molecular weight excluding hydrogens is 512 g/mol. The van der Waals surface area contributed by atoms with Crippen molar-refractivity contribution in [3.05, 3.63) is 107 Å². The van der Waals surface area contributed by atoms with Gasteiger partial charge in [0, 0.05) is 28.6 Å². The van der Waals surface area contributed by atoms with E-state index in [0.717, 1.165) is 18.4 Å². The van der Waals surface area contributed by atoms with E-state index in [9.17, 15) is 19.8 Å². The van der Waals surface area contributed by atoms with Gasteiger partial charge in [-0.25, -0.2) is 9.78 Å². The van der Waals surface area contributed by atoms with E-state index >= 15 is 0 Å². The summed E-state index contributed by atoms with van der Waals surface area (Å²) < 4.78 is 0. The number of rotatable bonds is 9. The van der Waals surface area contributed by atoms with Crippen LogP contribution in [0.5, 0.6) is 5.75 Å². The maximum Gasteiger partial charge on any atom is 0.336 e. The zero-order chi connectivity index (χ0) is 27.5. The normalized spacial score (nSPS) is 11.9. The molecule has 0 saturated carbocycles. The zero-order valence-electron chi connectivity index (χ0n) is 21.3. The summed E-state index contributed by atoms with van der Waals surface area (Å²) in [5.41, 5.74) is 4.40. The zero-order valence-corrected chi connectivity index (χ0v) is 22.1. The topological polar surface area (TPSA) is 103 Å². The molecule has 0 amide bonds. The maximum absolute atomic E-state index is 13.3. The molecule has 1 atom stereocenters. The molecule has 0 unspecified atom stereocenters. The fourth-order valence-corrected chi connectivity index (χ4v) is 5.17. The first kappa shape index (κ1) is 26.2. The Morgan fingerprint density at radius 3 is 2.44 bits per heavy atom. The number of phenolic OH excluding ortho intramolecular Hbond substituents is 1. The van der Waals surface area contributed by atoms with E-state index in [1.807, 2.05) is 30.3 Å². The molecule has 5 rings (SSSR count). The Kier molecular flexibility index (Phi) is 7.48. The van der Waals surface area contributed by atoms with Crippen molar-refractivity contribution in [2.24, 2.45) is 0 Å². The van der Waals surface area contributed by atoms with Crippen LogP contribution in [0.4, 0.5) is 0 Å². The largest absolute Gasteiger partial charge is 0.508 e. The van der Waals surface area contributed by atoms with Gasteiger partial charge in [-0.2, -0.15) is 0 Å². The number of hydrogen-bond acceptors (Lipinski definition) is 4.